The van der Waals surface area contributed by atoms with Gasteiger partial charge in [-0.1, -0.05) is 11.6 Å². The molecule has 27 heavy (non-hydrogen) atoms. The highest BCUT2D eigenvalue weighted by Crippen LogP contribution is 2.26. The fourth-order valence-electron chi connectivity index (χ4n) is 2.75. The van der Waals surface area contributed by atoms with Crippen molar-refractivity contribution < 1.29 is 17.6 Å². The molecule has 1 aliphatic rings. The summed E-state index contributed by atoms with van der Waals surface area (Å²) in [5.74, 6) is -0.714. The van der Waals surface area contributed by atoms with E-state index in [2.05, 4.69) is 9.62 Å². The van der Waals surface area contributed by atoms with E-state index in [1.807, 2.05) is 7.05 Å². The lowest BCUT2D eigenvalue weighted by Crippen LogP contribution is -2.47. The van der Waals surface area contributed by atoms with Crippen molar-refractivity contribution in [2.75, 3.05) is 37.9 Å². The molecule has 2 aromatic carbocycles. The number of piperazine rings is 1. The van der Waals surface area contributed by atoms with Gasteiger partial charge in [0.1, 0.15) is 5.82 Å². The first-order valence-electron chi connectivity index (χ1n) is 8.32. The van der Waals surface area contributed by atoms with E-state index < -0.39 is 15.8 Å². The quantitative estimate of drug-likeness (QED) is 0.839. The maximum absolute atomic E-state index is 13.0. The number of carbonyl (C=O) groups excluding carboxylic acids is 1. The number of hydrogen-bond acceptors (Lipinski definition) is 4. The molecule has 1 saturated heterocycles. The minimum absolute atomic E-state index is 0.0981. The van der Waals surface area contributed by atoms with Gasteiger partial charge in [-0.25, -0.2) is 12.8 Å². The van der Waals surface area contributed by atoms with Gasteiger partial charge in [-0.2, -0.15) is 0 Å². The Kier molecular flexibility index (Phi) is 5.69. The summed E-state index contributed by atoms with van der Waals surface area (Å²) in [6.07, 6.45) is 0. The summed E-state index contributed by atoms with van der Waals surface area (Å²) < 4.78 is 40.4. The van der Waals surface area contributed by atoms with E-state index in [0.29, 0.717) is 18.7 Å². The Hall–Kier alpha value is -2.16. The van der Waals surface area contributed by atoms with Crippen LogP contribution >= 0.6 is 11.6 Å². The molecule has 6 nitrogen and oxygen atoms in total. The van der Waals surface area contributed by atoms with Crippen LogP contribution in [0.5, 0.6) is 0 Å². The number of likely N-dealkylation sites (N-methyl/N-ethyl adjacent to an activating group) is 1. The summed E-state index contributed by atoms with van der Waals surface area (Å²) in [5, 5.41) is 0.163. The van der Waals surface area contributed by atoms with Crippen LogP contribution in [0.4, 0.5) is 10.1 Å². The van der Waals surface area contributed by atoms with Crippen LogP contribution in [-0.4, -0.2) is 57.4 Å². The molecule has 1 heterocycles. The standard InChI is InChI=1S/C18H19ClFN3O3S/c1-22-8-10-23(11-9-22)18(24)13-2-7-16(19)17(12-13)21-27(25,26)15-5-3-14(20)4-6-15/h2-7,12,21H,8-11H2,1H3. The fourth-order valence-corrected chi connectivity index (χ4v) is 4.04. The zero-order valence-electron chi connectivity index (χ0n) is 14.7. The molecule has 0 unspecified atom stereocenters. The van der Waals surface area contributed by atoms with Gasteiger partial charge in [0.05, 0.1) is 15.6 Å². The molecule has 0 atom stereocenters. The van der Waals surface area contributed by atoms with Crippen LogP contribution in [0.3, 0.4) is 0 Å². The molecular formula is C18H19ClFN3O3S. The molecule has 3 rings (SSSR count). The lowest BCUT2D eigenvalue weighted by Gasteiger charge is -2.32. The van der Waals surface area contributed by atoms with Crippen LogP contribution in [0.1, 0.15) is 10.4 Å². The summed E-state index contributed by atoms with van der Waals surface area (Å²) in [5.41, 5.74) is 0.446. The highest BCUT2D eigenvalue weighted by Gasteiger charge is 2.22. The topological polar surface area (TPSA) is 69.7 Å². The molecule has 0 bridgehead atoms. The highest BCUT2D eigenvalue weighted by molar-refractivity contribution is 7.92. The average molecular weight is 412 g/mol. The van der Waals surface area contributed by atoms with Crippen LogP contribution < -0.4 is 4.72 Å². The van der Waals surface area contributed by atoms with Gasteiger partial charge in [0.2, 0.25) is 0 Å². The van der Waals surface area contributed by atoms with Crippen molar-refractivity contribution >= 4 is 33.2 Å². The molecule has 2 aromatic rings. The van der Waals surface area contributed by atoms with Gasteiger partial charge in [-0.05, 0) is 49.5 Å². The first-order valence-corrected chi connectivity index (χ1v) is 10.2. The maximum Gasteiger partial charge on any atom is 0.261 e. The monoisotopic (exact) mass is 411 g/mol. The van der Waals surface area contributed by atoms with E-state index in [1.54, 1.807) is 11.0 Å². The van der Waals surface area contributed by atoms with Crippen molar-refractivity contribution in [1.82, 2.24) is 9.80 Å². The first-order chi connectivity index (χ1) is 12.8. The normalized spacial score (nSPS) is 15.6. The zero-order chi connectivity index (χ0) is 19.6. The number of amides is 1. The maximum atomic E-state index is 13.0. The van der Waals surface area contributed by atoms with Crippen molar-refractivity contribution in [3.05, 3.63) is 58.9 Å². The third kappa shape index (κ3) is 4.58. The fraction of sp³-hybridized carbons (Fsp3) is 0.278. The summed E-state index contributed by atoms with van der Waals surface area (Å²) >= 11 is 6.11. The lowest BCUT2D eigenvalue weighted by atomic mass is 10.1. The molecule has 0 aromatic heterocycles. The SMILES string of the molecule is CN1CCN(C(=O)c2ccc(Cl)c(NS(=O)(=O)c3ccc(F)cc3)c2)CC1. The molecule has 0 radical (unpaired) electrons. The molecular weight excluding hydrogens is 393 g/mol. The average Bonchev–Trinajstić information content (AvgIpc) is 2.64. The predicted molar refractivity (Wildman–Crippen MR) is 102 cm³/mol. The first kappa shape index (κ1) is 19.6. The number of carbonyl (C=O) groups is 1. The Morgan fingerprint density at radius 1 is 1.07 bits per heavy atom. The third-order valence-electron chi connectivity index (χ3n) is 4.37. The summed E-state index contributed by atoms with van der Waals surface area (Å²) in [6.45, 7) is 2.77. The lowest BCUT2D eigenvalue weighted by molar-refractivity contribution is 0.0664. The van der Waals surface area contributed by atoms with E-state index in [9.17, 15) is 17.6 Å². The Morgan fingerprint density at radius 2 is 1.70 bits per heavy atom. The van der Waals surface area contributed by atoms with E-state index in [4.69, 9.17) is 11.6 Å². The van der Waals surface area contributed by atoms with Crippen LogP contribution in [0, 0.1) is 5.82 Å². The number of benzene rings is 2. The molecule has 0 saturated carbocycles. The number of anilines is 1. The Labute approximate surface area is 162 Å². The van der Waals surface area contributed by atoms with Gasteiger partial charge in [-0.15, -0.1) is 0 Å². The van der Waals surface area contributed by atoms with Crippen LogP contribution in [-0.2, 0) is 10.0 Å². The van der Waals surface area contributed by atoms with E-state index in [0.717, 1.165) is 37.4 Å². The zero-order valence-corrected chi connectivity index (χ0v) is 16.2. The van der Waals surface area contributed by atoms with Crippen molar-refractivity contribution in [2.24, 2.45) is 0 Å². The number of hydrogen-bond donors (Lipinski definition) is 1. The Bertz CT molecular complexity index is 943. The number of rotatable bonds is 4. The van der Waals surface area contributed by atoms with Gasteiger partial charge in [0, 0.05) is 31.7 Å². The second kappa shape index (κ2) is 7.84. The highest BCUT2D eigenvalue weighted by atomic mass is 35.5. The van der Waals surface area contributed by atoms with Gasteiger partial charge in [-0.3, -0.25) is 9.52 Å². The van der Waals surface area contributed by atoms with Crippen LogP contribution in [0.25, 0.3) is 0 Å². The molecule has 1 fully saturated rings. The Balaban J connectivity index is 1.83. The molecule has 0 aliphatic carbocycles. The molecule has 1 aliphatic heterocycles. The van der Waals surface area contributed by atoms with E-state index >= 15 is 0 Å². The summed E-state index contributed by atoms with van der Waals surface area (Å²) in [6, 6.07) is 8.90. The molecule has 0 spiro atoms. The number of sulfonamides is 1. The predicted octanol–water partition coefficient (Wildman–Crippen LogP) is 2.67. The van der Waals surface area contributed by atoms with Crippen molar-refractivity contribution in [2.45, 2.75) is 4.90 Å². The minimum atomic E-state index is -3.96. The van der Waals surface area contributed by atoms with Crippen molar-refractivity contribution in [3.8, 4) is 0 Å². The van der Waals surface area contributed by atoms with Crippen LogP contribution in [0.2, 0.25) is 5.02 Å². The number of nitrogens with one attached hydrogen (secondary N) is 1. The number of halogens is 2. The van der Waals surface area contributed by atoms with E-state index in [-0.39, 0.29) is 21.5 Å². The minimum Gasteiger partial charge on any atom is -0.336 e. The van der Waals surface area contributed by atoms with Gasteiger partial charge < -0.3 is 9.80 Å². The van der Waals surface area contributed by atoms with Crippen molar-refractivity contribution in [3.63, 3.8) is 0 Å². The number of nitrogens with zero attached hydrogens (tertiary/aromatic N) is 2. The third-order valence-corrected chi connectivity index (χ3v) is 6.08. The van der Waals surface area contributed by atoms with Gasteiger partial charge >= 0.3 is 0 Å². The molecule has 144 valence electrons. The summed E-state index contributed by atoms with van der Waals surface area (Å²) in [4.78, 5) is 16.4. The smallest absolute Gasteiger partial charge is 0.261 e. The molecule has 1 amide bonds. The Morgan fingerprint density at radius 3 is 2.33 bits per heavy atom. The molecule has 9 heteroatoms. The van der Waals surface area contributed by atoms with Crippen LogP contribution in [0.15, 0.2) is 47.4 Å². The second-order valence-electron chi connectivity index (χ2n) is 6.35. The van der Waals surface area contributed by atoms with E-state index in [1.165, 1.54) is 12.1 Å². The second-order valence-corrected chi connectivity index (χ2v) is 8.44. The largest absolute Gasteiger partial charge is 0.336 e. The molecule has 1 N–H and O–H groups in total. The van der Waals surface area contributed by atoms with Gasteiger partial charge in [0.15, 0.2) is 0 Å². The summed E-state index contributed by atoms with van der Waals surface area (Å²) in [7, 11) is -1.97. The van der Waals surface area contributed by atoms with Crippen molar-refractivity contribution in [1.29, 1.82) is 0 Å². The van der Waals surface area contributed by atoms with Gasteiger partial charge in [0.25, 0.3) is 15.9 Å².